The Kier molecular flexibility index (Phi) is 9.69. The molecule has 0 aliphatic heterocycles. The van der Waals surface area contributed by atoms with E-state index in [1.165, 1.54) is 6.07 Å². The highest BCUT2D eigenvalue weighted by Crippen LogP contribution is 2.31. The average molecular weight is 565 g/mol. The van der Waals surface area contributed by atoms with Crippen molar-refractivity contribution in [3.8, 4) is 0 Å². The molecule has 1 aliphatic rings. The Morgan fingerprint density at radius 2 is 1.87 bits per heavy atom. The molecule has 3 aromatic rings. The monoisotopic (exact) mass is 564 g/mol. The molecule has 0 spiro atoms. The first-order valence-corrected chi connectivity index (χ1v) is 14.5. The zero-order valence-corrected chi connectivity index (χ0v) is 22.9. The highest BCUT2D eigenvalue weighted by molar-refractivity contribution is 7.89. The number of anilines is 2. The first-order chi connectivity index (χ1) is 18.3. The van der Waals surface area contributed by atoms with E-state index < -0.39 is 10.0 Å². The smallest absolute Gasteiger partial charge is 0.271 e. The molecule has 0 unspecified atom stereocenters. The van der Waals surface area contributed by atoms with E-state index in [4.69, 9.17) is 26.8 Å². The number of hydrogen-bond acceptors (Lipinski definition) is 9. The lowest BCUT2D eigenvalue weighted by atomic mass is 10.2. The molecule has 13 heteroatoms. The number of aromatic nitrogens is 3. The van der Waals surface area contributed by atoms with Gasteiger partial charge in [0.15, 0.2) is 0 Å². The van der Waals surface area contributed by atoms with Crippen LogP contribution in [0, 0.1) is 6.92 Å². The molecule has 4 rings (SSSR count). The minimum absolute atomic E-state index is 0.0556. The van der Waals surface area contributed by atoms with Crippen LogP contribution in [-0.4, -0.2) is 62.5 Å². The normalized spacial score (nSPS) is 14.4. The van der Waals surface area contributed by atoms with Crippen LogP contribution < -0.4 is 21.3 Å². The summed E-state index contributed by atoms with van der Waals surface area (Å²) in [4.78, 5) is 22.0. The third kappa shape index (κ3) is 6.87. The molecule has 0 saturated heterocycles. The molecular formula is C25H33ClN6O5S. The zero-order valence-electron chi connectivity index (χ0n) is 21.3. The van der Waals surface area contributed by atoms with E-state index in [2.05, 4.69) is 20.0 Å². The number of nitrogens with two attached hydrogens (primary N) is 1. The van der Waals surface area contributed by atoms with Crippen LogP contribution in [0.5, 0.6) is 0 Å². The SMILES string of the molecule is Cc1cc(S(=O)(=O)NCCOCCOCCN)ccc1Nc1ncc2cc(Cl)c(=O)n(C3CCCC3)c2n1. The van der Waals surface area contributed by atoms with Crippen molar-refractivity contribution in [2.24, 2.45) is 5.73 Å². The number of sulfonamides is 1. The molecule has 2 aromatic heterocycles. The Bertz CT molecular complexity index is 1430. The zero-order chi connectivity index (χ0) is 27.1. The van der Waals surface area contributed by atoms with Gasteiger partial charge in [-0.15, -0.1) is 0 Å². The molecule has 0 radical (unpaired) electrons. The summed E-state index contributed by atoms with van der Waals surface area (Å²) in [6.07, 6.45) is 5.55. The first-order valence-electron chi connectivity index (χ1n) is 12.6. The van der Waals surface area contributed by atoms with Crippen molar-refractivity contribution in [2.75, 3.05) is 44.8 Å². The predicted octanol–water partition coefficient (Wildman–Crippen LogP) is 2.88. The van der Waals surface area contributed by atoms with Crippen LogP contribution in [0.25, 0.3) is 11.0 Å². The summed E-state index contributed by atoms with van der Waals surface area (Å²) in [5.41, 5.74) is 6.95. The number of benzene rings is 1. The second-order valence-electron chi connectivity index (χ2n) is 9.09. The fourth-order valence-electron chi connectivity index (χ4n) is 4.45. The van der Waals surface area contributed by atoms with Gasteiger partial charge >= 0.3 is 0 Å². The molecule has 0 atom stereocenters. The minimum atomic E-state index is -3.71. The lowest BCUT2D eigenvalue weighted by Gasteiger charge is -2.17. The van der Waals surface area contributed by atoms with Crippen molar-refractivity contribution in [2.45, 2.75) is 43.5 Å². The maximum atomic E-state index is 12.9. The maximum absolute atomic E-state index is 12.9. The number of fused-ring (bicyclic) bond motifs is 1. The molecule has 1 saturated carbocycles. The summed E-state index contributed by atoms with van der Waals surface area (Å²) in [5.74, 6) is 0.301. The Labute approximate surface area is 226 Å². The van der Waals surface area contributed by atoms with Crippen molar-refractivity contribution in [1.82, 2.24) is 19.3 Å². The molecule has 2 heterocycles. The Hall–Kier alpha value is -2.61. The van der Waals surface area contributed by atoms with Gasteiger partial charge in [0.25, 0.3) is 5.56 Å². The minimum Gasteiger partial charge on any atom is -0.378 e. The average Bonchev–Trinajstić information content (AvgIpc) is 3.42. The summed E-state index contributed by atoms with van der Waals surface area (Å²) >= 11 is 6.21. The van der Waals surface area contributed by atoms with E-state index >= 15 is 0 Å². The molecule has 11 nitrogen and oxygen atoms in total. The fourth-order valence-corrected chi connectivity index (χ4v) is 5.76. The van der Waals surface area contributed by atoms with Crippen LogP contribution in [0.1, 0.15) is 37.3 Å². The van der Waals surface area contributed by atoms with Gasteiger partial charge in [-0.3, -0.25) is 9.36 Å². The van der Waals surface area contributed by atoms with Crippen LogP contribution in [0.4, 0.5) is 11.6 Å². The number of pyridine rings is 1. The molecule has 0 bridgehead atoms. The Morgan fingerprint density at radius 1 is 1.13 bits per heavy atom. The quantitative estimate of drug-likeness (QED) is 0.266. The van der Waals surface area contributed by atoms with E-state index in [-0.39, 0.29) is 34.7 Å². The number of rotatable bonds is 13. The van der Waals surface area contributed by atoms with E-state index in [1.807, 2.05) is 0 Å². The van der Waals surface area contributed by atoms with Gasteiger partial charge in [0.1, 0.15) is 10.7 Å². The van der Waals surface area contributed by atoms with Crippen molar-refractivity contribution in [3.63, 3.8) is 0 Å². The van der Waals surface area contributed by atoms with Gasteiger partial charge in [0.2, 0.25) is 16.0 Å². The van der Waals surface area contributed by atoms with Gasteiger partial charge in [-0.25, -0.2) is 18.1 Å². The number of hydrogen-bond donors (Lipinski definition) is 3. The van der Waals surface area contributed by atoms with Crippen molar-refractivity contribution < 1.29 is 17.9 Å². The topological polar surface area (TPSA) is 150 Å². The Balaban J connectivity index is 1.44. The van der Waals surface area contributed by atoms with Gasteiger partial charge in [-0.1, -0.05) is 24.4 Å². The second kappa shape index (κ2) is 13.0. The molecule has 38 heavy (non-hydrogen) atoms. The van der Waals surface area contributed by atoms with Gasteiger partial charge in [0.05, 0.1) is 31.3 Å². The van der Waals surface area contributed by atoms with Crippen molar-refractivity contribution in [3.05, 3.63) is 51.4 Å². The molecular weight excluding hydrogens is 532 g/mol. The summed E-state index contributed by atoms with van der Waals surface area (Å²) in [6.45, 7) is 3.83. The summed E-state index contributed by atoms with van der Waals surface area (Å²) < 4.78 is 40.2. The van der Waals surface area contributed by atoms with Crippen LogP contribution >= 0.6 is 11.6 Å². The number of ether oxygens (including phenoxy) is 2. The second-order valence-corrected chi connectivity index (χ2v) is 11.3. The number of nitrogens with one attached hydrogen (secondary N) is 2. The maximum Gasteiger partial charge on any atom is 0.271 e. The largest absolute Gasteiger partial charge is 0.378 e. The van der Waals surface area contributed by atoms with Crippen LogP contribution in [0.2, 0.25) is 5.02 Å². The van der Waals surface area contributed by atoms with Gasteiger partial charge in [-0.2, -0.15) is 4.98 Å². The summed E-state index contributed by atoms with van der Waals surface area (Å²) in [5, 5.41) is 3.98. The third-order valence-corrected chi connectivity index (χ3v) is 8.08. The summed E-state index contributed by atoms with van der Waals surface area (Å²) in [7, 11) is -3.71. The molecule has 1 aromatic carbocycles. The van der Waals surface area contributed by atoms with Crippen molar-refractivity contribution in [1.29, 1.82) is 0 Å². The Morgan fingerprint density at radius 3 is 2.58 bits per heavy atom. The van der Waals surface area contributed by atoms with Gasteiger partial charge in [-0.05, 0) is 49.6 Å². The van der Waals surface area contributed by atoms with E-state index in [1.54, 1.807) is 35.9 Å². The van der Waals surface area contributed by atoms with E-state index in [9.17, 15) is 13.2 Å². The number of aryl methyl sites for hydroxylation is 1. The van der Waals surface area contributed by atoms with Crippen LogP contribution in [-0.2, 0) is 19.5 Å². The lowest BCUT2D eigenvalue weighted by molar-refractivity contribution is 0.0530. The number of halogens is 1. The lowest BCUT2D eigenvalue weighted by Crippen LogP contribution is -2.28. The van der Waals surface area contributed by atoms with Gasteiger partial charge in [0, 0.05) is 36.4 Å². The van der Waals surface area contributed by atoms with Gasteiger partial charge < -0.3 is 20.5 Å². The standard InChI is InChI=1S/C25H33ClN6O5S/c1-17-14-20(38(34,35)29-9-11-37-13-12-36-10-8-27)6-7-22(17)30-25-28-16-18-15-21(26)24(33)32(23(18)31-25)19-4-2-3-5-19/h6-7,14-16,19,29H,2-5,8-13,27H2,1H3,(H,28,30,31). The fraction of sp³-hybridized carbons (Fsp3) is 0.480. The highest BCUT2D eigenvalue weighted by atomic mass is 35.5. The molecule has 1 aliphatic carbocycles. The van der Waals surface area contributed by atoms with Crippen LogP contribution in [0.15, 0.2) is 40.2 Å². The van der Waals surface area contributed by atoms with E-state index in [0.717, 1.165) is 25.7 Å². The van der Waals surface area contributed by atoms with Crippen molar-refractivity contribution >= 4 is 44.3 Å². The number of nitrogens with zero attached hydrogens (tertiary/aromatic N) is 3. The summed E-state index contributed by atoms with van der Waals surface area (Å²) in [6, 6.07) is 6.39. The first kappa shape index (κ1) is 28.4. The van der Waals surface area contributed by atoms with Crippen LogP contribution in [0.3, 0.4) is 0 Å². The highest BCUT2D eigenvalue weighted by Gasteiger charge is 2.22. The van der Waals surface area contributed by atoms with E-state index in [0.29, 0.717) is 54.6 Å². The predicted molar refractivity (Wildman–Crippen MR) is 147 cm³/mol. The molecule has 206 valence electrons. The third-order valence-electron chi connectivity index (χ3n) is 6.35. The molecule has 0 amide bonds. The molecule has 4 N–H and O–H groups in total. The molecule has 1 fully saturated rings.